The van der Waals surface area contributed by atoms with Gasteiger partial charge in [-0.2, -0.15) is 0 Å². The molecule has 0 radical (unpaired) electrons. The number of amides is 2. The Labute approximate surface area is 159 Å². The van der Waals surface area contributed by atoms with Crippen LogP contribution in [0.15, 0.2) is 42.6 Å². The summed E-state index contributed by atoms with van der Waals surface area (Å²) in [6.07, 6.45) is 3.61. The van der Waals surface area contributed by atoms with Gasteiger partial charge in [0.05, 0.1) is 38.8 Å². The lowest BCUT2D eigenvalue weighted by Gasteiger charge is -2.26. The Balaban J connectivity index is 1.74. The first-order valence-corrected chi connectivity index (χ1v) is 8.99. The first-order chi connectivity index (χ1) is 13.2. The normalized spacial score (nSPS) is 16.0. The summed E-state index contributed by atoms with van der Waals surface area (Å²) in [5.41, 5.74) is 1.55. The molecule has 0 spiro atoms. The molecule has 2 heterocycles. The molecule has 1 aliphatic rings. The van der Waals surface area contributed by atoms with Crippen LogP contribution in [0, 0.1) is 0 Å². The number of ether oxygens (including phenoxy) is 3. The summed E-state index contributed by atoms with van der Waals surface area (Å²) in [6, 6.07) is 11.0. The van der Waals surface area contributed by atoms with Crippen molar-refractivity contribution in [2.45, 2.75) is 25.5 Å². The van der Waals surface area contributed by atoms with Crippen LogP contribution in [-0.4, -0.2) is 49.4 Å². The highest BCUT2D eigenvalue weighted by Crippen LogP contribution is 2.22. The number of nitrogens with one attached hydrogen (secondary N) is 1. The maximum atomic E-state index is 12.9. The minimum atomic E-state index is -0.205. The maximum Gasteiger partial charge on any atom is 0.322 e. The van der Waals surface area contributed by atoms with E-state index < -0.39 is 0 Å². The molecule has 1 fully saturated rings. The Morgan fingerprint density at radius 1 is 1.26 bits per heavy atom. The number of para-hydroxylation sites is 1. The zero-order valence-electron chi connectivity index (χ0n) is 15.7. The fourth-order valence-electron chi connectivity index (χ4n) is 3.07. The van der Waals surface area contributed by atoms with Crippen LogP contribution in [0.5, 0.6) is 11.6 Å². The number of nitrogens with zero attached hydrogens (tertiary/aromatic N) is 2. The zero-order chi connectivity index (χ0) is 19.1. The van der Waals surface area contributed by atoms with Gasteiger partial charge in [0.2, 0.25) is 5.88 Å². The predicted octanol–water partition coefficient (Wildman–Crippen LogP) is 3.31. The number of rotatable bonds is 7. The van der Waals surface area contributed by atoms with Gasteiger partial charge in [0.1, 0.15) is 5.75 Å². The predicted molar refractivity (Wildman–Crippen MR) is 102 cm³/mol. The van der Waals surface area contributed by atoms with Crippen LogP contribution >= 0.6 is 0 Å². The van der Waals surface area contributed by atoms with Crippen LogP contribution < -0.4 is 14.8 Å². The molecule has 1 saturated heterocycles. The van der Waals surface area contributed by atoms with Gasteiger partial charge in [-0.05, 0) is 25.0 Å². The van der Waals surface area contributed by atoms with Crippen molar-refractivity contribution in [3.05, 3.63) is 48.2 Å². The average molecular weight is 371 g/mol. The van der Waals surface area contributed by atoms with Gasteiger partial charge in [0.25, 0.3) is 0 Å². The summed E-state index contributed by atoms with van der Waals surface area (Å²) in [5, 5.41) is 2.90. The Bertz CT molecular complexity index is 745. The molecule has 144 valence electrons. The quantitative estimate of drug-likeness (QED) is 0.808. The number of aromatic nitrogens is 1. The molecule has 27 heavy (non-hydrogen) atoms. The van der Waals surface area contributed by atoms with Crippen molar-refractivity contribution in [3.8, 4) is 11.6 Å². The lowest BCUT2D eigenvalue weighted by Crippen LogP contribution is -2.39. The summed E-state index contributed by atoms with van der Waals surface area (Å²) < 4.78 is 16.2. The molecule has 1 aromatic carbocycles. The second-order valence-corrected chi connectivity index (χ2v) is 6.35. The lowest BCUT2D eigenvalue weighted by molar-refractivity contribution is 0.0817. The van der Waals surface area contributed by atoms with Crippen molar-refractivity contribution < 1.29 is 19.0 Å². The monoisotopic (exact) mass is 371 g/mol. The van der Waals surface area contributed by atoms with Crippen molar-refractivity contribution in [2.24, 2.45) is 0 Å². The summed E-state index contributed by atoms with van der Waals surface area (Å²) in [4.78, 5) is 18.8. The fourth-order valence-corrected chi connectivity index (χ4v) is 3.07. The highest BCUT2D eigenvalue weighted by atomic mass is 16.5. The van der Waals surface area contributed by atoms with Gasteiger partial charge < -0.3 is 24.4 Å². The Morgan fingerprint density at radius 3 is 2.78 bits per heavy atom. The van der Waals surface area contributed by atoms with E-state index in [-0.39, 0.29) is 12.1 Å². The van der Waals surface area contributed by atoms with E-state index in [0.717, 1.165) is 30.8 Å². The van der Waals surface area contributed by atoms with Gasteiger partial charge in [-0.25, -0.2) is 9.78 Å². The Hall–Kier alpha value is -2.80. The number of urea groups is 1. The fraction of sp³-hybridized carbons (Fsp3) is 0.400. The number of anilines is 1. The van der Waals surface area contributed by atoms with Crippen LogP contribution in [0.25, 0.3) is 0 Å². The van der Waals surface area contributed by atoms with Crippen LogP contribution in [-0.2, 0) is 11.3 Å². The number of benzene rings is 1. The van der Waals surface area contributed by atoms with E-state index in [1.165, 1.54) is 0 Å². The second kappa shape index (κ2) is 9.23. The van der Waals surface area contributed by atoms with Gasteiger partial charge in [-0.15, -0.1) is 0 Å². The first kappa shape index (κ1) is 19.0. The molecule has 0 unspecified atom stereocenters. The van der Waals surface area contributed by atoms with Crippen molar-refractivity contribution in [3.63, 3.8) is 0 Å². The lowest BCUT2D eigenvalue weighted by atomic mass is 10.1. The standard InChI is InChI=1S/C20H25N3O4/c1-25-18-8-4-3-6-15(18)13-23(14-17-7-5-11-27-17)20(24)22-16-9-10-19(26-2)21-12-16/h3-4,6,8-10,12,17H,5,7,11,13-14H2,1-2H3,(H,22,24)/t17-/m0/s1. The molecule has 0 bridgehead atoms. The van der Waals surface area contributed by atoms with Crippen molar-refractivity contribution in [1.29, 1.82) is 0 Å². The third kappa shape index (κ3) is 5.10. The minimum absolute atomic E-state index is 0.0550. The van der Waals surface area contributed by atoms with E-state index in [1.54, 1.807) is 37.4 Å². The van der Waals surface area contributed by atoms with Crippen LogP contribution in [0.2, 0.25) is 0 Å². The Kier molecular flexibility index (Phi) is 6.49. The molecule has 7 heteroatoms. The summed E-state index contributed by atoms with van der Waals surface area (Å²) in [7, 11) is 3.18. The number of methoxy groups -OCH3 is 2. The molecule has 1 aromatic heterocycles. The SMILES string of the molecule is COc1ccc(NC(=O)N(Cc2ccccc2OC)C[C@@H]2CCCO2)cn1. The topological polar surface area (TPSA) is 72.9 Å². The second-order valence-electron chi connectivity index (χ2n) is 6.35. The largest absolute Gasteiger partial charge is 0.496 e. The third-order valence-electron chi connectivity index (χ3n) is 4.49. The van der Waals surface area contributed by atoms with E-state index >= 15 is 0 Å². The van der Waals surface area contributed by atoms with E-state index in [4.69, 9.17) is 14.2 Å². The van der Waals surface area contributed by atoms with Crippen LogP contribution in [0.4, 0.5) is 10.5 Å². The molecule has 2 amide bonds. The number of carbonyl (C=O) groups excluding carboxylic acids is 1. The molecule has 0 aliphatic carbocycles. The van der Waals surface area contributed by atoms with Crippen LogP contribution in [0.3, 0.4) is 0 Å². The van der Waals surface area contributed by atoms with E-state index in [9.17, 15) is 4.79 Å². The Morgan fingerprint density at radius 2 is 2.11 bits per heavy atom. The molecule has 3 rings (SSSR count). The third-order valence-corrected chi connectivity index (χ3v) is 4.49. The zero-order valence-corrected chi connectivity index (χ0v) is 15.7. The number of hydrogen-bond acceptors (Lipinski definition) is 5. The van der Waals surface area contributed by atoms with Gasteiger partial charge >= 0.3 is 6.03 Å². The van der Waals surface area contributed by atoms with Crippen molar-refractivity contribution >= 4 is 11.7 Å². The highest BCUT2D eigenvalue weighted by molar-refractivity contribution is 5.89. The van der Waals surface area contributed by atoms with Crippen molar-refractivity contribution in [1.82, 2.24) is 9.88 Å². The van der Waals surface area contributed by atoms with Gasteiger partial charge in [-0.3, -0.25) is 0 Å². The molecule has 7 nitrogen and oxygen atoms in total. The van der Waals surface area contributed by atoms with Gasteiger partial charge in [0.15, 0.2) is 0 Å². The molecular formula is C20H25N3O4. The van der Waals surface area contributed by atoms with Gasteiger partial charge in [-0.1, -0.05) is 18.2 Å². The smallest absolute Gasteiger partial charge is 0.322 e. The number of hydrogen-bond donors (Lipinski definition) is 1. The summed E-state index contributed by atoms with van der Waals surface area (Å²) in [6.45, 7) is 1.70. The number of pyridine rings is 1. The van der Waals surface area contributed by atoms with Crippen molar-refractivity contribution in [2.75, 3.05) is 32.7 Å². The molecule has 1 N–H and O–H groups in total. The number of carbonyl (C=O) groups is 1. The minimum Gasteiger partial charge on any atom is -0.496 e. The van der Waals surface area contributed by atoms with E-state index in [1.807, 2.05) is 24.3 Å². The van der Waals surface area contributed by atoms with E-state index in [0.29, 0.717) is 24.7 Å². The first-order valence-electron chi connectivity index (χ1n) is 8.99. The maximum absolute atomic E-state index is 12.9. The molecule has 2 aromatic rings. The molecular weight excluding hydrogens is 346 g/mol. The molecule has 1 aliphatic heterocycles. The summed E-state index contributed by atoms with van der Waals surface area (Å²) in [5.74, 6) is 1.26. The average Bonchev–Trinajstić information content (AvgIpc) is 3.21. The summed E-state index contributed by atoms with van der Waals surface area (Å²) >= 11 is 0. The molecule has 0 saturated carbocycles. The van der Waals surface area contributed by atoms with E-state index in [2.05, 4.69) is 10.3 Å². The molecule has 1 atom stereocenters. The highest BCUT2D eigenvalue weighted by Gasteiger charge is 2.24. The van der Waals surface area contributed by atoms with Gasteiger partial charge in [0, 0.05) is 24.8 Å². The van der Waals surface area contributed by atoms with Crippen LogP contribution in [0.1, 0.15) is 18.4 Å².